The highest BCUT2D eigenvalue weighted by molar-refractivity contribution is 5.92. The molecule has 7 heteroatoms. The summed E-state index contributed by atoms with van der Waals surface area (Å²) in [7, 11) is 0. The maximum atomic E-state index is 12.8. The Hall–Kier alpha value is -2.44. The molecule has 1 saturated heterocycles. The van der Waals surface area contributed by atoms with Crippen molar-refractivity contribution >= 4 is 11.9 Å². The zero-order chi connectivity index (χ0) is 19.9. The molecule has 1 aliphatic carbocycles. The number of fused-ring (bicyclic) bond motifs is 1. The van der Waals surface area contributed by atoms with E-state index in [1.165, 1.54) is 12.8 Å². The van der Waals surface area contributed by atoms with Crippen LogP contribution in [-0.2, 0) is 6.42 Å². The molecule has 1 aliphatic heterocycles. The van der Waals surface area contributed by atoms with Crippen molar-refractivity contribution in [1.29, 1.82) is 0 Å². The van der Waals surface area contributed by atoms with Gasteiger partial charge in [0.05, 0.1) is 11.7 Å². The van der Waals surface area contributed by atoms with Gasteiger partial charge in [0.2, 0.25) is 5.95 Å². The molecule has 0 aromatic carbocycles. The van der Waals surface area contributed by atoms with Gasteiger partial charge in [-0.1, -0.05) is 32.9 Å². The predicted molar refractivity (Wildman–Crippen MR) is 106 cm³/mol. The molecule has 150 valence electrons. The molecule has 7 nitrogen and oxygen atoms in total. The quantitative estimate of drug-likeness (QED) is 0.868. The Labute approximate surface area is 165 Å². The van der Waals surface area contributed by atoms with Gasteiger partial charge in [0.25, 0.3) is 5.91 Å². The number of amides is 1. The van der Waals surface area contributed by atoms with Crippen LogP contribution in [0.2, 0.25) is 0 Å². The van der Waals surface area contributed by atoms with Crippen molar-refractivity contribution < 1.29 is 9.32 Å². The summed E-state index contributed by atoms with van der Waals surface area (Å²) in [6.07, 6.45) is 6.02. The number of nitrogens with zero attached hydrogens (tertiary/aromatic N) is 4. The van der Waals surface area contributed by atoms with Crippen LogP contribution in [0.1, 0.15) is 86.4 Å². The van der Waals surface area contributed by atoms with Crippen molar-refractivity contribution in [3.63, 3.8) is 0 Å². The number of anilines is 1. The van der Waals surface area contributed by atoms with Gasteiger partial charge in [-0.25, -0.2) is 9.97 Å². The number of hydrogen-bond donors (Lipinski definition) is 1. The van der Waals surface area contributed by atoms with E-state index in [9.17, 15) is 4.79 Å². The van der Waals surface area contributed by atoms with Gasteiger partial charge in [-0.05, 0) is 31.1 Å². The van der Waals surface area contributed by atoms with E-state index in [-0.39, 0.29) is 23.3 Å². The Bertz CT molecular complexity index is 867. The summed E-state index contributed by atoms with van der Waals surface area (Å²) in [4.78, 5) is 24.5. The highest BCUT2D eigenvalue weighted by Gasteiger charge is 2.35. The summed E-state index contributed by atoms with van der Waals surface area (Å²) in [6.45, 7) is 10.5. The van der Waals surface area contributed by atoms with Crippen molar-refractivity contribution in [3.05, 3.63) is 35.0 Å². The van der Waals surface area contributed by atoms with Crippen LogP contribution in [0, 0.1) is 5.41 Å². The third kappa shape index (κ3) is 3.75. The molecule has 1 fully saturated rings. The summed E-state index contributed by atoms with van der Waals surface area (Å²) in [5.74, 6) is 1.51. The van der Waals surface area contributed by atoms with Crippen LogP contribution in [-0.4, -0.2) is 34.1 Å². The van der Waals surface area contributed by atoms with Crippen LogP contribution < -0.4 is 10.2 Å². The van der Waals surface area contributed by atoms with Gasteiger partial charge in [-0.15, -0.1) is 0 Å². The van der Waals surface area contributed by atoms with Crippen LogP contribution in [0.25, 0.3) is 0 Å². The van der Waals surface area contributed by atoms with Crippen LogP contribution >= 0.6 is 0 Å². The first-order chi connectivity index (χ1) is 13.3. The summed E-state index contributed by atoms with van der Waals surface area (Å²) in [6, 6.07) is 1.60. The first-order valence-corrected chi connectivity index (χ1v) is 10.2. The third-order valence-corrected chi connectivity index (χ3v) is 5.69. The molecule has 2 aliphatic rings. The molecule has 3 heterocycles. The van der Waals surface area contributed by atoms with Gasteiger partial charge < -0.3 is 14.7 Å². The number of aromatic nitrogens is 3. The zero-order valence-corrected chi connectivity index (χ0v) is 17.2. The van der Waals surface area contributed by atoms with Gasteiger partial charge >= 0.3 is 0 Å². The van der Waals surface area contributed by atoms with E-state index >= 15 is 0 Å². The highest BCUT2D eigenvalue weighted by Crippen LogP contribution is 2.40. The number of carbonyl (C=O) groups excluding carboxylic acids is 1. The standard InChI is InChI=1S/C21H29N5O2/c1-13(2)18-9-15(25-28-18)19(27)23-16-10-21(3,4)11-17-14(16)12-22-20(24-17)26-7-5-6-8-26/h9,12-13,16H,5-8,10-11H2,1-4H3,(H,23,27)/t16-/m1/s1. The molecule has 1 atom stereocenters. The number of nitrogens with one attached hydrogen (secondary N) is 1. The van der Waals surface area contributed by atoms with E-state index in [4.69, 9.17) is 9.51 Å². The van der Waals surface area contributed by atoms with Gasteiger partial charge in [0.1, 0.15) is 5.76 Å². The van der Waals surface area contributed by atoms with E-state index in [0.717, 1.165) is 43.1 Å². The number of carbonyl (C=O) groups is 1. The first-order valence-electron chi connectivity index (χ1n) is 10.2. The molecule has 28 heavy (non-hydrogen) atoms. The first kappa shape index (κ1) is 18.9. The monoisotopic (exact) mass is 383 g/mol. The second-order valence-corrected chi connectivity index (χ2v) is 9.11. The minimum absolute atomic E-state index is 0.0501. The lowest BCUT2D eigenvalue weighted by Gasteiger charge is -2.36. The second kappa shape index (κ2) is 7.18. The molecule has 0 saturated carbocycles. The fraction of sp³-hybridized carbons (Fsp3) is 0.619. The highest BCUT2D eigenvalue weighted by atomic mass is 16.5. The average Bonchev–Trinajstić information content (AvgIpc) is 3.32. The molecular formula is C21H29N5O2. The minimum Gasteiger partial charge on any atom is -0.360 e. The Morgan fingerprint density at radius 3 is 2.75 bits per heavy atom. The van der Waals surface area contributed by atoms with E-state index in [1.54, 1.807) is 6.07 Å². The van der Waals surface area contributed by atoms with Crippen molar-refractivity contribution in [3.8, 4) is 0 Å². The Morgan fingerprint density at radius 1 is 1.32 bits per heavy atom. The topological polar surface area (TPSA) is 84.2 Å². The van der Waals surface area contributed by atoms with E-state index in [0.29, 0.717) is 11.5 Å². The van der Waals surface area contributed by atoms with Crippen LogP contribution in [0.3, 0.4) is 0 Å². The van der Waals surface area contributed by atoms with Gasteiger partial charge in [0, 0.05) is 36.8 Å². The SMILES string of the molecule is CC(C)c1cc(C(=O)N[C@@H]2CC(C)(C)Cc3nc(N4CCCC4)ncc32)no1. The Kier molecular flexibility index (Phi) is 4.85. The van der Waals surface area contributed by atoms with Crippen LogP contribution in [0.5, 0.6) is 0 Å². The Balaban J connectivity index is 1.58. The van der Waals surface area contributed by atoms with Crippen LogP contribution in [0.4, 0.5) is 5.95 Å². The van der Waals surface area contributed by atoms with Gasteiger partial charge in [-0.2, -0.15) is 0 Å². The fourth-order valence-electron chi connectivity index (χ4n) is 4.14. The predicted octanol–water partition coefficient (Wildman–Crippen LogP) is 3.63. The zero-order valence-electron chi connectivity index (χ0n) is 17.2. The van der Waals surface area contributed by atoms with E-state index in [2.05, 4.69) is 34.2 Å². The molecule has 0 bridgehead atoms. The number of rotatable bonds is 4. The molecule has 0 spiro atoms. The molecule has 2 aromatic rings. The van der Waals surface area contributed by atoms with Crippen molar-refractivity contribution in [2.45, 2.75) is 65.3 Å². The summed E-state index contributed by atoms with van der Waals surface area (Å²) >= 11 is 0. The lowest BCUT2D eigenvalue weighted by Crippen LogP contribution is -2.37. The van der Waals surface area contributed by atoms with Crippen LogP contribution in [0.15, 0.2) is 16.8 Å². The largest absolute Gasteiger partial charge is 0.360 e. The second-order valence-electron chi connectivity index (χ2n) is 9.11. The average molecular weight is 383 g/mol. The minimum atomic E-state index is -0.215. The lowest BCUT2D eigenvalue weighted by molar-refractivity contribution is 0.0909. The number of hydrogen-bond acceptors (Lipinski definition) is 6. The third-order valence-electron chi connectivity index (χ3n) is 5.69. The fourth-order valence-corrected chi connectivity index (χ4v) is 4.14. The van der Waals surface area contributed by atoms with E-state index in [1.807, 2.05) is 20.0 Å². The molecule has 1 amide bonds. The van der Waals surface area contributed by atoms with Gasteiger partial charge in [-0.3, -0.25) is 4.79 Å². The summed E-state index contributed by atoms with van der Waals surface area (Å²) < 4.78 is 5.28. The van der Waals surface area contributed by atoms with Crippen molar-refractivity contribution in [2.75, 3.05) is 18.0 Å². The molecular weight excluding hydrogens is 354 g/mol. The molecule has 1 N–H and O–H groups in total. The van der Waals surface area contributed by atoms with Crippen molar-refractivity contribution in [2.24, 2.45) is 5.41 Å². The maximum absolute atomic E-state index is 12.8. The molecule has 0 radical (unpaired) electrons. The maximum Gasteiger partial charge on any atom is 0.273 e. The summed E-state index contributed by atoms with van der Waals surface area (Å²) in [5, 5.41) is 7.07. The Morgan fingerprint density at radius 2 is 2.07 bits per heavy atom. The lowest BCUT2D eigenvalue weighted by atomic mass is 9.74. The smallest absolute Gasteiger partial charge is 0.273 e. The van der Waals surface area contributed by atoms with Crippen molar-refractivity contribution in [1.82, 2.24) is 20.4 Å². The van der Waals surface area contributed by atoms with Gasteiger partial charge in [0.15, 0.2) is 5.69 Å². The van der Waals surface area contributed by atoms with E-state index < -0.39 is 0 Å². The molecule has 0 unspecified atom stereocenters. The molecule has 2 aromatic heterocycles. The molecule has 4 rings (SSSR count). The summed E-state index contributed by atoms with van der Waals surface area (Å²) in [5.41, 5.74) is 2.43. The normalized spacial score (nSPS) is 21.0.